The third-order valence-corrected chi connectivity index (χ3v) is 6.95. The summed E-state index contributed by atoms with van der Waals surface area (Å²) in [6.07, 6.45) is 19.1. The van der Waals surface area contributed by atoms with E-state index < -0.39 is 0 Å². The Bertz CT molecular complexity index is 436. The molecule has 1 heterocycles. The van der Waals surface area contributed by atoms with E-state index >= 15 is 0 Å². The van der Waals surface area contributed by atoms with Crippen LogP contribution in [-0.2, 0) is 4.74 Å². The normalized spacial score (nSPS) is 24.0. The maximum absolute atomic E-state index is 6.02. The molecule has 0 aromatic carbocycles. The topological polar surface area (TPSA) is 48.9 Å². The zero-order valence-corrected chi connectivity index (χ0v) is 18.3. The second-order valence-corrected chi connectivity index (χ2v) is 9.08. The Morgan fingerprint density at radius 2 is 1.61 bits per heavy atom. The average Bonchev–Trinajstić information content (AvgIpc) is 3.28. The summed E-state index contributed by atoms with van der Waals surface area (Å²) in [6, 6.07) is 1.45. The second-order valence-electron chi connectivity index (χ2n) is 9.08. The number of guanidine groups is 1. The first-order chi connectivity index (χ1) is 13.8. The molecule has 3 fully saturated rings. The Labute approximate surface area is 173 Å². The van der Waals surface area contributed by atoms with Crippen LogP contribution in [0.4, 0.5) is 0 Å². The molecular weight excluding hydrogens is 348 g/mol. The number of aliphatic imine (C=N–C) groups is 1. The van der Waals surface area contributed by atoms with E-state index in [9.17, 15) is 0 Å². The van der Waals surface area contributed by atoms with Crippen molar-refractivity contribution in [3.63, 3.8) is 0 Å². The van der Waals surface area contributed by atoms with Crippen LogP contribution in [0.15, 0.2) is 4.99 Å². The third-order valence-electron chi connectivity index (χ3n) is 6.95. The number of hydrogen-bond acceptors (Lipinski definition) is 3. The van der Waals surface area contributed by atoms with Gasteiger partial charge in [-0.2, -0.15) is 0 Å². The van der Waals surface area contributed by atoms with E-state index in [1.54, 1.807) is 0 Å². The van der Waals surface area contributed by atoms with Crippen molar-refractivity contribution < 1.29 is 4.74 Å². The second kappa shape index (κ2) is 12.7. The molecule has 0 atom stereocenters. The van der Waals surface area contributed by atoms with Gasteiger partial charge in [-0.1, -0.05) is 32.1 Å². The van der Waals surface area contributed by atoms with Crippen molar-refractivity contribution in [1.29, 1.82) is 0 Å². The lowest BCUT2D eigenvalue weighted by atomic mass is 9.98. The fourth-order valence-electron chi connectivity index (χ4n) is 5.16. The predicted octanol–water partition coefficient (Wildman–Crippen LogP) is 4.08. The first-order valence-electron chi connectivity index (χ1n) is 12.2. The predicted molar refractivity (Wildman–Crippen MR) is 118 cm³/mol. The van der Waals surface area contributed by atoms with Crippen molar-refractivity contribution in [3.05, 3.63) is 0 Å². The summed E-state index contributed by atoms with van der Waals surface area (Å²) in [4.78, 5) is 7.16. The number of hydrogen-bond donors (Lipinski definition) is 2. The summed E-state index contributed by atoms with van der Waals surface area (Å²) in [5, 5.41) is 7.16. The summed E-state index contributed by atoms with van der Waals surface area (Å²) < 4.78 is 6.02. The number of nitrogens with one attached hydrogen (secondary N) is 2. The molecule has 1 aliphatic heterocycles. The maximum Gasteiger partial charge on any atom is 0.191 e. The van der Waals surface area contributed by atoms with Crippen molar-refractivity contribution in [2.24, 2.45) is 4.99 Å². The minimum absolute atomic E-state index is 0.551. The van der Waals surface area contributed by atoms with Gasteiger partial charge in [-0.05, 0) is 57.8 Å². The summed E-state index contributed by atoms with van der Waals surface area (Å²) in [5.41, 5.74) is 0. The van der Waals surface area contributed by atoms with Gasteiger partial charge in [0.15, 0.2) is 5.96 Å². The van der Waals surface area contributed by atoms with Gasteiger partial charge < -0.3 is 20.3 Å². The molecule has 0 aromatic rings. The van der Waals surface area contributed by atoms with Crippen LogP contribution in [0.1, 0.15) is 89.9 Å². The zero-order chi connectivity index (χ0) is 19.4. The number of piperidine rings is 1. The summed E-state index contributed by atoms with van der Waals surface area (Å²) in [6.45, 7) is 4.45. The van der Waals surface area contributed by atoms with Gasteiger partial charge >= 0.3 is 0 Å². The number of likely N-dealkylation sites (tertiary alicyclic amines) is 1. The van der Waals surface area contributed by atoms with Crippen LogP contribution in [0.2, 0.25) is 0 Å². The molecular formula is C23H44N4O. The van der Waals surface area contributed by atoms with Gasteiger partial charge in [-0.25, -0.2) is 0 Å². The van der Waals surface area contributed by atoms with Gasteiger partial charge in [0.1, 0.15) is 0 Å². The molecule has 2 saturated carbocycles. The number of ether oxygens (including phenoxy) is 1. The van der Waals surface area contributed by atoms with Crippen LogP contribution in [0.3, 0.4) is 0 Å². The quantitative estimate of drug-likeness (QED) is 0.353. The lowest BCUT2D eigenvalue weighted by Crippen LogP contribution is -2.50. The van der Waals surface area contributed by atoms with E-state index in [2.05, 4.69) is 20.5 Å². The Morgan fingerprint density at radius 1 is 0.893 bits per heavy atom. The van der Waals surface area contributed by atoms with E-state index in [0.717, 1.165) is 25.2 Å². The summed E-state index contributed by atoms with van der Waals surface area (Å²) in [5.74, 6) is 0.984. The highest BCUT2D eigenvalue weighted by Gasteiger charge is 2.27. The molecule has 162 valence electrons. The molecule has 0 radical (unpaired) electrons. The molecule has 0 bridgehead atoms. The van der Waals surface area contributed by atoms with E-state index in [1.165, 1.54) is 103 Å². The van der Waals surface area contributed by atoms with Crippen LogP contribution in [-0.4, -0.2) is 62.3 Å². The molecule has 5 nitrogen and oxygen atoms in total. The molecule has 2 N–H and O–H groups in total. The van der Waals surface area contributed by atoms with Crippen molar-refractivity contribution in [3.8, 4) is 0 Å². The minimum atomic E-state index is 0.551. The highest BCUT2D eigenvalue weighted by molar-refractivity contribution is 5.79. The van der Waals surface area contributed by atoms with Crippen molar-refractivity contribution in [2.45, 2.75) is 108 Å². The SMILES string of the molecule is CN=C(NCCCCCOC1CCCCC1)NC1CCN(C2CCCC2)CC1. The van der Waals surface area contributed by atoms with Gasteiger partial charge in [0.25, 0.3) is 0 Å². The summed E-state index contributed by atoms with van der Waals surface area (Å²) in [7, 11) is 1.89. The fourth-order valence-corrected chi connectivity index (χ4v) is 5.16. The Morgan fingerprint density at radius 3 is 2.32 bits per heavy atom. The van der Waals surface area contributed by atoms with Crippen molar-refractivity contribution >= 4 is 5.96 Å². The van der Waals surface area contributed by atoms with Gasteiger partial charge in [0.05, 0.1) is 6.10 Å². The largest absolute Gasteiger partial charge is 0.378 e. The molecule has 0 unspecified atom stereocenters. The third kappa shape index (κ3) is 7.55. The Kier molecular flexibility index (Phi) is 9.92. The van der Waals surface area contributed by atoms with Crippen molar-refractivity contribution in [2.75, 3.05) is 33.3 Å². The summed E-state index contributed by atoms with van der Waals surface area (Å²) >= 11 is 0. The molecule has 3 rings (SSSR count). The first kappa shape index (κ1) is 21.9. The Balaban J connectivity index is 1.19. The molecule has 0 amide bonds. The highest BCUT2D eigenvalue weighted by Crippen LogP contribution is 2.26. The monoisotopic (exact) mass is 392 g/mol. The maximum atomic E-state index is 6.02. The van der Waals surface area contributed by atoms with E-state index in [1.807, 2.05) is 7.05 Å². The smallest absolute Gasteiger partial charge is 0.191 e. The van der Waals surface area contributed by atoms with E-state index in [-0.39, 0.29) is 0 Å². The molecule has 3 aliphatic rings. The van der Waals surface area contributed by atoms with Gasteiger partial charge in [-0.15, -0.1) is 0 Å². The van der Waals surface area contributed by atoms with E-state index in [4.69, 9.17) is 4.74 Å². The van der Waals surface area contributed by atoms with Crippen LogP contribution < -0.4 is 10.6 Å². The zero-order valence-electron chi connectivity index (χ0n) is 18.3. The average molecular weight is 393 g/mol. The molecule has 0 aromatic heterocycles. The standard InChI is InChI=1S/C23H44N4O/c1-24-23(25-16-8-3-9-19-28-22-12-4-2-5-13-22)26-20-14-17-27(18-15-20)21-10-6-7-11-21/h20-22H,2-19H2,1H3,(H2,24,25,26). The van der Waals surface area contributed by atoms with E-state index in [0.29, 0.717) is 12.1 Å². The Hall–Kier alpha value is -0.810. The van der Waals surface area contributed by atoms with Gasteiger partial charge in [0.2, 0.25) is 0 Å². The van der Waals surface area contributed by atoms with Crippen LogP contribution in [0.25, 0.3) is 0 Å². The molecule has 5 heteroatoms. The van der Waals surface area contributed by atoms with Crippen molar-refractivity contribution in [1.82, 2.24) is 15.5 Å². The fraction of sp³-hybridized carbons (Fsp3) is 0.957. The number of rotatable bonds is 9. The molecule has 28 heavy (non-hydrogen) atoms. The lowest BCUT2D eigenvalue weighted by Gasteiger charge is -2.36. The van der Waals surface area contributed by atoms with Crippen LogP contribution in [0, 0.1) is 0 Å². The molecule has 1 saturated heterocycles. The minimum Gasteiger partial charge on any atom is -0.378 e. The number of unbranched alkanes of at least 4 members (excludes halogenated alkanes) is 2. The number of nitrogens with zero attached hydrogens (tertiary/aromatic N) is 2. The highest BCUT2D eigenvalue weighted by atomic mass is 16.5. The van der Waals surface area contributed by atoms with Gasteiger partial charge in [0, 0.05) is 45.4 Å². The molecule has 2 aliphatic carbocycles. The van der Waals surface area contributed by atoms with Gasteiger partial charge in [-0.3, -0.25) is 4.99 Å². The first-order valence-corrected chi connectivity index (χ1v) is 12.2. The van der Waals surface area contributed by atoms with Crippen LogP contribution >= 0.6 is 0 Å². The van der Waals surface area contributed by atoms with Crippen LogP contribution in [0.5, 0.6) is 0 Å². The lowest BCUT2D eigenvalue weighted by molar-refractivity contribution is 0.0264. The molecule has 0 spiro atoms.